The average Bonchev–Trinajstić information content (AvgIpc) is 2.83. The van der Waals surface area contributed by atoms with Crippen LogP contribution in [0.2, 0.25) is 0 Å². The quantitative estimate of drug-likeness (QED) is 0.898. The van der Waals surface area contributed by atoms with Gasteiger partial charge in [0.2, 0.25) is 0 Å². The van der Waals surface area contributed by atoms with Crippen molar-refractivity contribution in [1.82, 2.24) is 9.78 Å². The predicted octanol–water partition coefficient (Wildman–Crippen LogP) is 2.72. The Morgan fingerprint density at radius 2 is 1.95 bits per heavy atom. The number of nitrogens with two attached hydrogens (primary N) is 1. The van der Waals surface area contributed by atoms with Crippen LogP contribution < -0.4 is 10.5 Å². The molecule has 0 amide bonds. The van der Waals surface area contributed by atoms with E-state index in [1.165, 1.54) is 5.56 Å². The van der Waals surface area contributed by atoms with E-state index in [0.29, 0.717) is 0 Å². The van der Waals surface area contributed by atoms with Gasteiger partial charge >= 0.3 is 0 Å². The maximum Gasteiger partial charge on any atom is 0.161 e. The summed E-state index contributed by atoms with van der Waals surface area (Å²) in [5.74, 6) is 0.761. The van der Waals surface area contributed by atoms with E-state index < -0.39 is 0 Å². The Labute approximate surface area is 114 Å². The lowest BCUT2D eigenvalue weighted by Crippen LogP contribution is -2.20. The molecule has 4 heteroatoms. The molecule has 1 heterocycles. The second kappa shape index (κ2) is 5.89. The van der Waals surface area contributed by atoms with Crippen molar-refractivity contribution < 1.29 is 4.74 Å². The highest BCUT2D eigenvalue weighted by molar-refractivity contribution is 5.30. The molecule has 0 radical (unpaired) electrons. The lowest BCUT2D eigenvalue weighted by Gasteiger charge is -2.18. The number of ether oxygens (including phenoxy) is 1. The second-order valence-electron chi connectivity index (χ2n) is 4.93. The number of methoxy groups -OCH3 is 1. The molecule has 0 aliphatic heterocycles. The first-order valence-electron chi connectivity index (χ1n) is 6.54. The summed E-state index contributed by atoms with van der Waals surface area (Å²) in [4.78, 5) is 0. The highest BCUT2D eigenvalue weighted by Gasteiger charge is 2.20. The van der Waals surface area contributed by atoms with Crippen molar-refractivity contribution in [3.05, 3.63) is 47.8 Å². The fourth-order valence-corrected chi connectivity index (χ4v) is 2.24. The molecular weight excluding hydrogens is 238 g/mol. The van der Waals surface area contributed by atoms with Crippen LogP contribution in [-0.4, -0.2) is 16.9 Å². The molecule has 1 aromatic carbocycles. The molecule has 0 saturated carbocycles. The summed E-state index contributed by atoms with van der Waals surface area (Å²) < 4.78 is 7.31. The van der Waals surface area contributed by atoms with E-state index in [1.54, 1.807) is 13.3 Å². The number of nitrogens with zero attached hydrogens (tertiary/aromatic N) is 2. The molecule has 2 aromatic rings. The molecule has 1 unspecified atom stereocenters. The third-order valence-corrected chi connectivity index (χ3v) is 3.16. The lowest BCUT2D eigenvalue weighted by atomic mass is 10.0. The molecule has 19 heavy (non-hydrogen) atoms. The maximum atomic E-state index is 6.35. The van der Waals surface area contributed by atoms with E-state index in [0.717, 1.165) is 17.9 Å². The van der Waals surface area contributed by atoms with Crippen LogP contribution in [0.4, 0.5) is 0 Å². The minimum atomic E-state index is -0.123. The maximum absolute atomic E-state index is 6.35. The van der Waals surface area contributed by atoms with Crippen LogP contribution in [-0.2, 0) is 6.42 Å². The smallest absolute Gasteiger partial charge is 0.161 e. The molecule has 1 atom stereocenters. The third kappa shape index (κ3) is 2.96. The molecular formula is C15H21N3O. The Morgan fingerprint density at radius 1 is 1.26 bits per heavy atom. The summed E-state index contributed by atoms with van der Waals surface area (Å²) in [5, 5.41) is 4.36. The molecule has 102 valence electrons. The van der Waals surface area contributed by atoms with Gasteiger partial charge in [-0.2, -0.15) is 5.10 Å². The van der Waals surface area contributed by atoms with Crippen LogP contribution in [0.15, 0.2) is 36.5 Å². The topological polar surface area (TPSA) is 53.1 Å². The van der Waals surface area contributed by atoms with Crippen LogP contribution >= 0.6 is 0 Å². The van der Waals surface area contributed by atoms with Crippen molar-refractivity contribution in [3.8, 4) is 5.75 Å². The standard InChI is InChI=1S/C15H21N3O/c1-11(2)18-15(14(19-3)10-17-18)13(16)9-12-7-5-4-6-8-12/h4-8,10-11,13H,9,16H2,1-3H3. The highest BCUT2D eigenvalue weighted by Crippen LogP contribution is 2.28. The molecule has 1 aromatic heterocycles. The number of hydrogen-bond acceptors (Lipinski definition) is 3. The molecule has 4 nitrogen and oxygen atoms in total. The second-order valence-corrected chi connectivity index (χ2v) is 4.93. The minimum Gasteiger partial charge on any atom is -0.493 e. The van der Waals surface area contributed by atoms with Gasteiger partial charge in [-0.1, -0.05) is 30.3 Å². The first-order chi connectivity index (χ1) is 9.13. The molecule has 0 saturated heterocycles. The zero-order chi connectivity index (χ0) is 13.8. The molecule has 0 aliphatic rings. The van der Waals surface area contributed by atoms with Gasteiger partial charge in [0.05, 0.1) is 25.0 Å². The van der Waals surface area contributed by atoms with Gasteiger partial charge in [0, 0.05) is 6.04 Å². The summed E-state index contributed by atoms with van der Waals surface area (Å²) in [6, 6.07) is 10.4. The molecule has 2 rings (SSSR count). The summed E-state index contributed by atoms with van der Waals surface area (Å²) in [6.07, 6.45) is 2.51. The van der Waals surface area contributed by atoms with Gasteiger partial charge in [-0.25, -0.2) is 0 Å². The fraction of sp³-hybridized carbons (Fsp3) is 0.400. The van der Waals surface area contributed by atoms with Gasteiger partial charge in [0.1, 0.15) is 0 Å². The summed E-state index contributed by atoms with van der Waals surface area (Å²) in [7, 11) is 1.65. The van der Waals surface area contributed by atoms with Gasteiger partial charge in [0.15, 0.2) is 5.75 Å². The Morgan fingerprint density at radius 3 is 2.53 bits per heavy atom. The molecule has 0 spiro atoms. The van der Waals surface area contributed by atoms with Crippen LogP contribution in [0.1, 0.15) is 37.2 Å². The third-order valence-electron chi connectivity index (χ3n) is 3.16. The fourth-order valence-electron chi connectivity index (χ4n) is 2.24. The SMILES string of the molecule is COc1cnn(C(C)C)c1C(N)Cc1ccccc1. The summed E-state index contributed by atoms with van der Waals surface area (Å²) in [6.45, 7) is 4.18. The number of hydrogen-bond donors (Lipinski definition) is 1. The first kappa shape index (κ1) is 13.6. The Bertz CT molecular complexity index is 519. The zero-order valence-corrected chi connectivity index (χ0v) is 11.7. The van der Waals surface area contributed by atoms with E-state index in [2.05, 4.69) is 31.1 Å². The summed E-state index contributed by atoms with van der Waals surface area (Å²) >= 11 is 0. The predicted molar refractivity (Wildman–Crippen MR) is 76.2 cm³/mol. The van der Waals surface area contributed by atoms with E-state index >= 15 is 0 Å². The molecule has 2 N–H and O–H groups in total. The molecule has 0 aliphatic carbocycles. The minimum absolute atomic E-state index is 0.123. The Kier molecular flexibility index (Phi) is 4.22. The van der Waals surface area contributed by atoms with Gasteiger partial charge < -0.3 is 10.5 Å². The number of aromatic nitrogens is 2. The van der Waals surface area contributed by atoms with Crippen LogP contribution in [0.25, 0.3) is 0 Å². The number of rotatable bonds is 5. The van der Waals surface area contributed by atoms with E-state index in [1.807, 2.05) is 22.9 Å². The average molecular weight is 259 g/mol. The lowest BCUT2D eigenvalue weighted by molar-refractivity contribution is 0.396. The van der Waals surface area contributed by atoms with E-state index in [-0.39, 0.29) is 12.1 Å². The first-order valence-corrected chi connectivity index (χ1v) is 6.54. The van der Waals surface area contributed by atoms with Crippen LogP contribution in [0.3, 0.4) is 0 Å². The monoisotopic (exact) mass is 259 g/mol. The molecule has 0 fully saturated rings. The van der Waals surface area contributed by atoms with Crippen molar-refractivity contribution in [1.29, 1.82) is 0 Å². The molecule has 0 bridgehead atoms. The Hall–Kier alpha value is -1.81. The van der Waals surface area contributed by atoms with Gasteiger partial charge in [-0.3, -0.25) is 4.68 Å². The zero-order valence-electron chi connectivity index (χ0n) is 11.7. The van der Waals surface area contributed by atoms with Crippen molar-refractivity contribution in [2.75, 3.05) is 7.11 Å². The summed E-state index contributed by atoms with van der Waals surface area (Å²) in [5.41, 5.74) is 8.52. The van der Waals surface area contributed by atoms with E-state index in [4.69, 9.17) is 10.5 Å². The van der Waals surface area contributed by atoms with Gasteiger partial charge in [-0.15, -0.1) is 0 Å². The van der Waals surface area contributed by atoms with Gasteiger partial charge in [0.25, 0.3) is 0 Å². The van der Waals surface area contributed by atoms with Crippen molar-refractivity contribution in [2.45, 2.75) is 32.4 Å². The van der Waals surface area contributed by atoms with Crippen LogP contribution in [0, 0.1) is 0 Å². The van der Waals surface area contributed by atoms with Crippen molar-refractivity contribution in [2.24, 2.45) is 5.73 Å². The van der Waals surface area contributed by atoms with E-state index in [9.17, 15) is 0 Å². The van der Waals surface area contributed by atoms with Gasteiger partial charge in [-0.05, 0) is 25.8 Å². The number of benzene rings is 1. The largest absolute Gasteiger partial charge is 0.493 e. The highest BCUT2D eigenvalue weighted by atomic mass is 16.5. The normalized spacial score (nSPS) is 12.7. The van der Waals surface area contributed by atoms with Crippen molar-refractivity contribution >= 4 is 0 Å². The van der Waals surface area contributed by atoms with Crippen LogP contribution in [0.5, 0.6) is 5.75 Å². The van der Waals surface area contributed by atoms with Crippen molar-refractivity contribution in [3.63, 3.8) is 0 Å². The Balaban J connectivity index is 2.27.